The zero-order valence-corrected chi connectivity index (χ0v) is 24.3. The van der Waals surface area contributed by atoms with Crippen LogP contribution in [0, 0.1) is 18.3 Å². The van der Waals surface area contributed by atoms with Crippen molar-refractivity contribution in [3.05, 3.63) is 80.2 Å². The number of rotatable bonds is 8. The van der Waals surface area contributed by atoms with Crippen LogP contribution in [0.15, 0.2) is 74.0 Å². The summed E-state index contributed by atoms with van der Waals surface area (Å²) >= 11 is 6.80. The summed E-state index contributed by atoms with van der Waals surface area (Å²) in [5, 5.41) is 14.9. The Balaban J connectivity index is 1.89. The van der Waals surface area contributed by atoms with Gasteiger partial charge in [0.05, 0.1) is 12.8 Å². The van der Waals surface area contributed by atoms with Crippen LogP contribution in [0.1, 0.15) is 18.1 Å². The summed E-state index contributed by atoms with van der Waals surface area (Å²) in [5.41, 5.74) is 1.94. The van der Waals surface area contributed by atoms with Crippen LogP contribution in [0.25, 0.3) is 6.08 Å². The maximum Gasteiger partial charge on any atom is 0.339 e. The van der Waals surface area contributed by atoms with Gasteiger partial charge in [-0.2, -0.15) is 13.7 Å². The van der Waals surface area contributed by atoms with Crippen LogP contribution in [0.5, 0.6) is 11.5 Å². The molecule has 0 aliphatic carbocycles. The highest BCUT2D eigenvalue weighted by Crippen LogP contribution is 2.34. The molecule has 196 valence electrons. The Morgan fingerprint density at radius 3 is 2.16 bits per heavy atom. The Kier molecular flexibility index (Phi) is 9.32. The Morgan fingerprint density at radius 2 is 1.61 bits per heavy atom. The van der Waals surface area contributed by atoms with Gasteiger partial charge in [0.2, 0.25) is 5.91 Å². The SMILES string of the molecule is COc1ccc(/C=C(\C#N)C(=O)Nc2c(Br)cc(C)cc2Br)cc1OS(=O)(=O)c1ccc(NC(C)=O)cc1. The second-order valence-corrected chi connectivity index (χ2v) is 11.1. The molecular formula is C26H21Br2N3O6S. The molecule has 2 amide bonds. The smallest absolute Gasteiger partial charge is 0.339 e. The van der Waals surface area contributed by atoms with Gasteiger partial charge in [0.15, 0.2) is 11.5 Å². The van der Waals surface area contributed by atoms with Crippen molar-refractivity contribution in [3.8, 4) is 17.6 Å². The summed E-state index contributed by atoms with van der Waals surface area (Å²) in [6.45, 7) is 3.23. The van der Waals surface area contributed by atoms with Gasteiger partial charge in [0.25, 0.3) is 5.91 Å². The molecule has 12 heteroatoms. The van der Waals surface area contributed by atoms with Crippen LogP contribution in [-0.2, 0) is 19.7 Å². The summed E-state index contributed by atoms with van der Waals surface area (Å²) in [5.74, 6) is -0.982. The number of nitrogens with one attached hydrogen (secondary N) is 2. The quantitative estimate of drug-likeness (QED) is 0.177. The highest BCUT2D eigenvalue weighted by molar-refractivity contribution is 9.11. The lowest BCUT2D eigenvalue weighted by molar-refractivity contribution is -0.114. The highest BCUT2D eigenvalue weighted by Gasteiger charge is 2.20. The van der Waals surface area contributed by atoms with Gasteiger partial charge in [-0.3, -0.25) is 9.59 Å². The molecule has 9 nitrogen and oxygen atoms in total. The molecule has 0 atom stereocenters. The van der Waals surface area contributed by atoms with E-state index in [-0.39, 0.29) is 27.9 Å². The van der Waals surface area contributed by atoms with Gasteiger partial charge >= 0.3 is 10.1 Å². The lowest BCUT2D eigenvalue weighted by atomic mass is 10.1. The number of benzene rings is 3. The molecule has 0 aliphatic rings. The van der Waals surface area contributed by atoms with Gasteiger partial charge in [-0.05, 0) is 105 Å². The first-order chi connectivity index (χ1) is 17.9. The molecule has 0 saturated heterocycles. The van der Waals surface area contributed by atoms with Crippen molar-refractivity contribution in [1.29, 1.82) is 5.26 Å². The molecule has 0 bridgehead atoms. The van der Waals surface area contributed by atoms with E-state index in [2.05, 4.69) is 42.5 Å². The van der Waals surface area contributed by atoms with E-state index in [4.69, 9.17) is 8.92 Å². The maximum absolute atomic E-state index is 12.9. The Morgan fingerprint density at radius 1 is 0.974 bits per heavy atom. The van der Waals surface area contributed by atoms with Crippen molar-refractivity contribution >= 4 is 71.2 Å². The van der Waals surface area contributed by atoms with Gasteiger partial charge in [0.1, 0.15) is 16.5 Å². The van der Waals surface area contributed by atoms with E-state index in [9.17, 15) is 23.3 Å². The number of hydrogen-bond donors (Lipinski definition) is 2. The van der Waals surface area contributed by atoms with Gasteiger partial charge in [-0.1, -0.05) is 6.07 Å². The average molecular weight is 663 g/mol. The third kappa shape index (κ3) is 7.22. The van der Waals surface area contributed by atoms with Crippen LogP contribution < -0.4 is 19.6 Å². The molecule has 0 unspecified atom stereocenters. The summed E-state index contributed by atoms with van der Waals surface area (Å²) in [6, 6.07) is 15.3. The minimum atomic E-state index is -4.28. The summed E-state index contributed by atoms with van der Waals surface area (Å²) in [4.78, 5) is 23.9. The van der Waals surface area contributed by atoms with E-state index in [1.165, 1.54) is 56.5 Å². The highest BCUT2D eigenvalue weighted by atomic mass is 79.9. The lowest BCUT2D eigenvalue weighted by Gasteiger charge is -2.12. The molecule has 0 aromatic heterocycles. The first-order valence-corrected chi connectivity index (χ1v) is 13.8. The third-order valence-corrected chi connectivity index (χ3v) is 7.45. The molecule has 3 rings (SSSR count). The average Bonchev–Trinajstić information content (AvgIpc) is 2.84. The molecule has 0 fully saturated rings. The largest absolute Gasteiger partial charge is 0.493 e. The van der Waals surface area contributed by atoms with Crippen LogP contribution in [-0.4, -0.2) is 27.3 Å². The number of nitriles is 1. The Labute approximate surface area is 236 Å². The molecule has 0 aliphatic heterocycles. The fourth-order valence-corrected chi connectivity index (χ4v) is 5.78. The van der Waals surface area contributed by atoms with Gasteiger partial charge in [0, 0.05) is 21.6 Å². The van der Waals surface area contributed by atoms with Crippen LogP contribution in [0.3, 0.4) is 0 Å². The van der Waals surface area contributed by atoms with E-state index in [1.807, 2.05) is 25.1 Å². The van der Waals surface area contributed by atoms with E-state index in [0.29, 0.717) is 25.9 Å². The number of hydrogen-bond acceptors (Lipinski definition) is 7. The van der Waals surface area contributed by atoms with Crippen LogP contribution in [0.4, 0.5) is 11.4 Å². The fraction of sp³-hybridized carbons (Fsp3) is 0.115. The minimum Gasteiger partial charge on any atom is -0.493 e. The first kappa shape index (κ1) is 28.9. The van der Waals surface area contributed by atoms with Gasteiger partial charge in [-0.15, -0.1) is 0 Å². The van der Waals surface area contributed by atoms with Gasteiger partial charge < -0.3 is 19.6 Å². The fourth-order valence-electron chi connectivity index (χ4n) is 3.24. The van der Waals surface area contributed by atoms with Crippen molar-refractivity contribution in [2.75, 3.05) is 17.7 Å². The molecule has 38 heavy (non-hydrogen) atoms. The monoisotopic (exact) mass is 661 g/mol. The number of amides is 2. The molecule has 0 radical (unpaired) electrons. The zero-order valence-electron chi connectivity index (χ0n) is 20.3. The number of carbonyl (C=O) groups is 2. The predicted molar refractivity (Wildman–Crippen MR) is 150 cm³/mol. The van der Waals surface area contributed by atoms with E-state index in [0.717, 1.165) is 5.56 Å². The number of aryl methyl sites for hydroxylation is 1. The summed E-state index contributed by atoms with van der Waals surface area (Å²) in [7, 11) is -2.93. The van der Waals surface area contributed by atoms with Crippen molar-refractivity contribution in [1.82, 2.24) is 0 Å². The maximum atomic E-state index is 12.9. The molecular weight excluding hydrogens is 642 g/mol. The van der Waals surface area contributed by atoms with Crippen molar-refractivity contribution < 1.29 is 26.9 Å². The van der Waals surface area contributed by atoms with Crippen LogP contribution in [0.2, 0.25) is 0 Å². The van der Waals surface area contributed by atoms with E-state index in [1.54, 1.807) is 6.07 Å². The molecule has 0 saturated carbocycles. The third-order valence-electron chi connectivity index (χ3n) is 4.95. The molecule has 3 aromatic rings. The van der Waals surface area contributed by atoms with Crippen molar-refractivity contribution in [2.24, 2.45) is 0 Å². The topological polar surface area (TPSA) is 135 Å². The van der Waals surface area contributed by atoms with Crippen molar-refractivity contribution in [3.63, 3.8) is 0 Å². The molecule has 2 N–H and O–H groups in total. The van der Waals surface area contributed by atoms with Crippen LogP contribution >= 0.6 is 31.9 Å². The summed E-state index contributed by atoms with van der Waals surface area (Å²) < 4.78 is 37.6. The standard InChI is InChI=1S/C26H21Br2N3O6S/c1-15-10-21(27)25(22(28)11-15)31-26(33)18(14-29)12-17-4-9-23(36-3)24(13-17)37-38(34,35)20-7-5-19(6-8-20)30-16(2)32/h4-13H,1-3H3,(H,30,32)(H,31,33)/b18-12+. The normalized spacial score (nSPS) is 11.3. The summed E-state index contributed by atoms with van der Waals surface area (Å²) in [6.07, 6.45) is 1.30. The molecule has 0 spiro atoms. The lowest BCUT2D eigenvalue weighted by Crippen LogP contribution is -2.14. The molecule has 3 aromatic carbocycles. The molecule has 0 heterocycles. The number of nitrogens with zero attached hydrogens (tertiary/aromatic N) is 1. The van der Waals surface area contributed by atoms with Gasteiger partial charge in [-0.25, -0.2) is 0 Å². The Bertz CT molecular complexity index is 1560. The number of halogens is 2. The second kappa shape index (κ2) is 12.3. The van der Waals surface area contributed by atoms with E-state index >= 15 is 0 Å². The number of anilines is 2. The second-order valence-electron chi connectivity index (χ2n) is 7.88. The first-order valence-electron chi connectivity index (χ1n) is 10.8. The predicted octanol–water partition coefficient (Wildman–Crippen LogP) is 5.80. The van der Waals surface area contributed by atoms with E-state index < -0.39 is 16.0 Å². The zero-order chi connectivity index (χ0) is 28.0. The number of carbonyl (C=O) groups excluding carboxylic acids is 2. The Hall–Kier alpha value is -3.66. The number of ether oxygens (including phenoxy) is 1. The number of methoxy groups -OCH3 is 1. The van der Waals surface area contributed by atoms with Crippen molar-refractivity contribution in [2.45, 2.75) is 18.7 Å². The minimum absolute atomic E-state index is 0.121.